The number of nitrogens with one attached hydrogen (secondary N) is 1. The lowest BCUT2D eigenvalue weighted by molar-refractivity contribution is -0.115. The van der Waals surface area contributed by atoms with Crippen molar-refractivity contribution in [2.45, 2.75) is 51.4 Å². The molecule has 1 fully saturated rings. The summed E-state index contributed by atoms with van der Waals surface area (Å²) in [7, 11) is 1.32. The molecule has 1 N–H and O–H groups in total. The highest BCUT2D eigenvalue weighted by Gasteiger charge is 2.15. The van der Waals surface area contributed by atoms with Gasteiger partial charge in [0.05, 0.1) is 18.4 Å². The first-order valence-electron chi connectivity index (χ1n) is 10.2. The molecule has 0 heterocycles. The molecule has 1 saturated carbocycles. The second-order valence-corrected chi connectivity index (χ2v) is 7.36. The topological polar surface area (TPSA) is 55.4 Å². The van der Waals surface area contributed by atoms with Crippen LogP contribution in [0.4, 0.5) is 5.69 Å². The number of carbonyl (C=O) groups is 2. The number of esters is 1. The van der Waals surface area contributed by atoms with E-state index in [1.165, 1.54) is 44.8 Å². The van der Waals surface area contributed by atoms with Gasteiger partial charge in [-0.3, -0.25) is 4.79 Å². The van der Waals surface area contributed by atoms with Crippen molar-refractivity contribution in [1.29, 1.82) is 0 Å². The zero-order valence-electron chi connectivity index (χ0n) is 17.1. The molecule has 4 heteroatoms. The van der Waals surface area contributed by atoms with Gasteiger partial charge in [-0.15, -0.1) is 0 Å². The Morgan fingerprint density at radius 2 is 1.66 bits per heavy atom. The van der Waals surface area contributed by atoms with E-state index in [2.05, 4.69) is 41.4 Å². The van der Waals surface area contributed by atoms with Gasteiger partial charge in [0.1, 0.15) is 0 Å². The molecule has 150 valence electrons. The summed E-state index contributed by atoms with van der Waals surface area (Å²) in [6.45, 7) is 1.76. The molecule has 0 unspecified atom stereocenters. The van der Waals surface area contributed by atoms with Crippen LogP contribution in [-0.2, 0) is 9.53 Å². The summed E-state index contributed by atoms with van der Waals surface area (Å²) in [5, 5.41) is 2.73. The average molecular weight is 389 g/mol. The largest absolute Gasteiger partial charge is 0.465 e. The first kappa shape index (κ1) is 20.7. The SMILES string of the molecule is CCC(=O)Nc1ccc(C#Cc2ccc(C3CCCCC3)cc2)cc1C(=O)OC. The highest BCUT2D eigenvalue weighted by Crippen LogP contribution is 2.32. The average Bonchev–Trinajstić information content (AvgIpc) is 2.78. The maximum atomic E-state index is 12.1. The number of carbonyl (C=O) groups excluding carboxylic acids is 2. The van der Waals surface area contributed by atoms with Crippen LogP contribution in [0.15, 0.2) is 42.5 Å². The van der Waals surface area contributed by atoms with E-state index in [1.54, 1.807) is 25.1 Å². The fraction of sp³-hybridized carbons (Fsp3) is 0.360. The van der Waals surface area contributed by atoms with Crippen LogP contribution in [0.1, 0.15) is 78.4 Å². The Balaban J connectivity index is 1.78. The van der Waals surface area contributed by atoms with Gasteiger partial charge in [0.25, 0.3) is 0 Å². The molecule has 0 aromatic heterocycles. The van der Waals surface area contributed by atoms with E-state index in [4.69, 9.17) is 4.74 Å². The maximum absolute atomic E-state index is 12.1. The maximum Gasteiger partial charge on any atom is 0.340 e. The third-order valence-corrected chi connectivity index (χ3v) is 5.36. The second-order valence-electron chi connectivity index (χ2n) is 7.36. The fourth-order valence-electron chi connectivity index (χ4n) is 3.67. The number of anilines is 1. The number of amides is 1. The highest BCUT2D eigenvalue weighted by atomic mass is 16.5. The Hall–Kier alpha value is -3.06. The summed E-state index contributed by atoms with van der Waals surface area (Å²) in [5.41, 5.74) is 3.77. The molecule has 0 spiro atoms. The van der Waals surface area contributed by atoms with Crippen LogP contribution in [0.5, 0.6) is 0 Å². The molecule has 0 radical (unpaired) electrons. The van der Waals surface area contributed by atoms with Crippen LogP contribution in [-0.4, -0.2) is 19.0 Å². The van der Waals surface area contributed by atoms with Gasteiger partial charge in [0.2, 0.25) is 5.91 Å². The molecule has 0 aliphatic heterocycles. The van der Waals surface area contributed by atoms with E-state index in [0.29, 0.717) is 29.2 Å². The van der Waals surface area contributed by atoms with Gasteiger partial charge in [0, 0.05) is 17.5 Å². The molecule has 2 aromatic carbocycles. The predicted molar refractivity (Wildman–Crippen MR) is 115 cm³/mol. The van der Waals surface area contributed by atoms with Crippen LogP contribution in [0, 0.1) is 11.8 Å². The standard InChI is InChI=1S/C25H27NO3/c1-3-24(27)26-23-16-13-19(17-22(23)25(28)29-2)10-9-18-11-14-21(15-12-18)20-7-5-4-6-8-20/h11-17,20H,3-8H2,1-2H3,(H,26,27). The summed E-state index contributed by atoms with van der Waals surface area (Å²) in [6.07, 6.45) is 6.89. The van der Waals surface area contributed by atoms with Crippen molar-refractivity contribution in [3.05, 3.63) is 64.7 Å². The quantitative estimate of drug-likeness (QED) is 0.572. The molecule has 1 aliphatic carbocycles. The smallest absolute Gasteiger partial charge is 0.340 e. The van der Waals surface area contributed by atoms with Crippen molar-refractivity contribution in [3.8, 4) is 11.8 Å². The summed E-state index contributed by atoms with van der Waals surface area (Å²) in [4.78, 5) is 23.8. The number of ether oxygens (including phenoxy) is 1. The van der Waals surface area contributed by atoms with Gasteiger partial charge in [-0.05, 0) is 54.7 Å². The number of hydrogen-bond donors (Lipinski definition) is 1. The molecule has 3 rings (SSSR count). The molecular weight excluding hydrogens is 362 g/mol. The predicted octanol–water partition coefficient (Wildman–Crippen LogP) is 5.27. The first-order chi connectivity index (χ1) is 14.1. The van der Waals surface area contributed by atoms with E-state index in [1.807, 2.05) is 0 Å². The van der Waals surface area contributed by atoms with Gasteiger partial charge in [0.15, 0.2) is 0 Å². The number of benzene rings is 2. The summed E-state index contributed by atoms with van der Waals surface area (Å²) < 4.78 is 4.84. The minimum atomic E-state index is -0.503. The zero-order valence-corrected chi connectivity index (χ0v) is 17.1. The molecule has 0 saturated heterocycles. The lowest BCUT2D eigenvalue weighted by atomic mass is 9.84. The molecule has 0 bridgehead atoms. The van der Waals surface area contributed by atoms with Gasteiger partial charge in [-0.1, -0.05) is 50.2 Å². The van der Waals surface area contributed by atoms with Crippen molar-refractivity contribution in [2.75, 3.05) is 12.4 Å². The van der Waals surface area contributed by atoms with E-state index in [9.17, 15) is 9.59 Å². The lowest BCUT2D eigenvalue weighted by Crippen LogP contribution is -2.14. The first-order valence-corrected chi connectivity index (χ1v) is 10.2. The molecule has 1 aliphatic rings. The van der Waals surface area contributed by atoms with Crippen LogP contribution >= 0.6 is 0 Å². The van der Waals surface area contributed by atoms with Gasteiger partial charge in [-0.2, -0.15) is 0 Å². The molecule has 29 heavy (non-hydrogen) atoms. The Bertz CT molecular complexity index is 929. The van der Waals surface area contributed by atoms with Crippen molar-refractivity contribution < 1.29 is 14.3 Å². The van der Waals surface area contributed by atoms with E-state index in [-0.39, 0.29) is 5.91 Å². The highest BCUT2D eigenvalue weighted by molar-refractivity contribution is 6.01. The van der Waals surface area contributed by atoms with Crippen LogP contribution in [0.3, 0.4) is 0 Å². The third kappa shape index (κ3) is 5.48. The molecule has 4 nitrogen and oxygen atoms in total. The minimum absolute atomic E-state index is 0.160. The Kier molecular flexibility index (Phi) is 7.08. The summed E-state index contributed by atoms with van der Waals surface area (Å²) in [6, 6.07) is 13.6. The van der Waals surface area contributed by atoms with E-state index >= 15 is 0 Å². The number of hydrogen-bond acceptors (Lipinski definition) is 3. The van der Waals surface area contributed by atoms with Crippen molar-refractivity contribution in [2.24, 2.45) is 0 Å². The van der Waals surface area contributed by atoms with Crippen LogP contribution in [0.2, 0.25) is 0 Å². The van der Waals surface area contributed by atoms with Gasteiger partial charge >= 0.3 is 5.97 Å². The van der Waals surface area contributed by atoms with Gasteiger partial charge in [-0.25, -0.2) is 4.79 Å². The minimum Gasteiger partial charge on any atom is -0.465 e. The normalized spacial score (nSPS) is 13.9. The van der Waals surface area contributed by atoms with Gasteiger partial charge < -0.3 is 10.1 Å². The third-order valence-electron chi connectivity index (χ3n) is 5.36. The van der Waals surface area contributed by atoms with Crippen molar-refractivity contribution >= 4 is 17.6 Å². The summed E-state index contributed by atoms with van der Waals surface area (Å²) >= 11 is 0. The fourth-order valence-corrected chi connectivity index (χ4v) is 3.67. The zero-order chi connectivity index (χ0) is 20.6. The molecule has 2 aromatic rings. The van der Waals surface area contributed by atoms with Crippen LogP contribution < -0.4 is 5.32 Å². The monoisotopic (exact) mass is 389 g/mol. The Labute approximate surface area is 172 Å². The number of rotatable bonds is 4. The summed E-state index contributed by atoms with van der Waals surface area (Å²) in [5.74, 6) is 6.28. The van der Waals surface area contributed by atoms with E-state index < -0.39 is 5.97 Å². The van der Waals surface area contributed by atoms with Crippen LogP contribution in [0.25, 0.3) is 0 Å². The molecule has 1 amide bonds. The number of methoxy groups -OCH3 is 1. The Morgan fingerprint density at radius 1 is 1.00 bits per heavy atom. The molecular formula is C25H27NO3. The second kappa shape index (κ2) is 9.93. The van der Waals surface area contributed by atoms with Crippen molar-refractivity contribution in [1.82, 2.24) is 0 Å². The lowest BCUT2D eigenvalue weighted by Gasteiger charge is -2.21. The molecule has 0 atom stereocenters. The Morgan fingerprint density at radius 3 is 2.31 bits per heavy atom. The van der Waals surface area contributed by atoms with E-state index in [0.717, 1.165) is 5.56 Å². The van der Waals surface area contributed by atoms with Crippen molar-refractivity contribution in [3.63, 3.8) is 0 Å².